The first-order valence-corrected chi connectivity index (χ1v) is 10.0. The van der Waals surface area contributed by atoms with Crippen molar-refractivity contribution in [1.29, 1.82) is 0 Å². The van der Waals surface area contributed by atoms with E-state index in [0.29, 0.717) is 24.4 Å². The maximum absolute atomic E-state index is 12.6. The number of benzene rings is 2. The molecule has 0 heterocycles. The van der Waals surface area contributed by atoms with Crippen molar-refractivity contribution in [3.05, 3.63) is 60.2 Å². The molecule has 24 heavy (non-hydrogen) atoms. The minimum absolute atomic E-state index is 0.167. The fourth-order valence-corrected chi connectivity index (χ4v) is 4.29. The van der Waals surface area contributed by atoms with Crippen LogP contribution in [0.5, 0.6) is 0 Å². The van der Waals surface area contributed by atoms with Gasteiger partial charge in [-0.2, -0.15) is 0 Å². The molecule has 0 aliphatic heterocycles. The van der Waals surface area contributed by atoms with Gasteiger partial charge in [0, 0.05) is 13.1 Å². The van der Waals surface area contributed by atoms with E-state index in [0.717, 1.165) is 24.2 Å². The van der Waals surface area contributed by atoms with Crippen molar-refractivity contribution >= 4 is 15.5 Å². The van der Waals surface area contributed by atoms with Crippen LogP contribution < -0.4 is 10.6 Å². The van der Waals surface area contributed by atoms with Crippen LogP contribution in [0.1, 0.15) is 25.3 Å². The topological polar surface area (TPSA) is 63.4 Å². The highest BCUT2D eigenvalue weighted by Crippen LogP contribution is 2.28. The monoisotopic (exact) mass is 346 g/mol. The van der Waals surface area contributed by atoms with Crippen molar-refractivity contribution in [2.24, 2.45) is 5.73 Å². The van der Waals surface area contributed by atoms with Crippen LogP contribution in [0.2, 0.25) is 0 Å². The van der Waals surface area contributed by atoms with Gasteiger partial charge in [-0.1, -0.05) is 49.4 Å². The molecule has 0 spiro atoms. The maximum atomic E-state index is 12.6. The van der Waals surface area contributed by atoms with Gasteiger partial charge in [0.1, 0.15) is 0 Å². The molecular formula is C19H26N2O2S. The van der Waals surface area contributed by atoms with Gasteiger partial charge in [0.2, 0.25) is 0 Å². The van der Waals surface area contributed by atoms with Crippen molar-refractivity contribution in [2.75, 3.05) is 23.7 Å². The molecule has 4 nitrogen and oxygen atoms in total. The fourth-order valence-electron chi connectivity index (χ4n) is 2.73. The largest absolute Gasteiger partial charge is 0.366 e. The zero-order valence-electron chi connectivity index (χ0n) is 14.2. The number of nitrogens with two attached hydrogens (primary N) is 1. The van der Waals surface area contributed by atoms with Crippen LogP contribution in [0.4, 0.5) is 5.69 Å². The minimum Gasteiger partial charge on any atom is -0.366 e. The summed E-state index contributed by atoms with van der Waals surface area (Å²) in [5.41, 5.74) is 7.59. The quantitative estimate of drug-likeness (QED) is 0.757. The van der Waals surface area contributed by atoms with E-state index in [1.807, 2.05) is 37.3 Å². The number of nitrogens with zero attached hydrogens (tertiary/aromatic N) is 1. The van der Waals surface area contributed by atoms with Crippen LogP contribution in [0.15, 0.2) is 59.5 Å². The zero-order chi connectivity index (χ0) is 17.4. The van der Waals surface area contributed by atoms with Gasteiger partial charge in [-0.05, 0) is 37.1 Å². The Morgan fingerprint density at radius 1 is 1.00 bits per heavy atom. The van der Waals surface area contributed by atoms with Gasteiger partial charge in [0.15, 0.2) is 9.84 Å². The normalized spacial score (nSPS) is 11.4. The van der Waals surface area contributed by atoms with Crippen LogP contribution in [0, 0.1) is 0 Å². The molecule has 0 saturated carbocycles. The first kappa shape index (κ1) is 18.5. The number of hydrogen-bond acceptors (Lipinski definition) is 4. The van der Waals surface area contributed by atoms with Gasteiger partial charge in [0.05, 0.1) is 16.3 Å². The molecule has 0 bridgehead atoms. The SMILES string of the molecule is CCCS(=O)(=O)c1ccccc1N(CCCN)Cc1ccccc1. The molecule has 2 aromatic carbocycles. The second-order valence-electron chi connectivity index (χ2n) is 5.84. The minimum atomic E-state index is -3.28. The summed E-state index contributed by atoms with van der Waals surface area (Å²) in [5.74, 6) is 0.167. The Balaban J connectivity index is 2.39. The third-order valence-electron chi connectivity index (χ3n) is 3.86. The van der Waals surface area contributed by atoms with Gasteiger partial charge < -0.3 is 10.6 Å². The molecular weight excluding hydrogens is 320 g/mol. The van der Waals surface area contributed by atoms with Crippen LogP contribution >= 0.6 is 0 Å². The predicted molar refractivity (Wildman–Crippen MR) is 99.9 cm³/mol. The third kappa shape index (κ3) is 4.82. The molecule has 0 unspecified atom stereocenters. The lowest BCUT2D eigenvalue weighted by molar-refractivity contribution is 0.594. The highest BCUT2D eigenvalue weighted by molar-refractivity contribution is 7.91. The van der Waals surface area contributed by atoms with E-state index in [1.165, 1.54) is 0 Å². The molecule has 2 aromatic rings. The van der Waals surface area contributed by atoms with Gasteiger partial charge in [-0.3, -0.25) is 0 Å². The maximum Gasteiger partial charge on any atom is 0.180 e. The van der Waals surface area contributed by atoms with Crippen LogP contribution in [0.3, 0.4) is 0 Å². The molecule has 0 aliphatic carbocycles. The number of hydrogen-bond donors (Lipinski definition) is 1. The van der Waals surface area contributed by atoms with E-state index < -0.39 is 9.84 Å². The molecule has 0 fully saturated rings. The number of anilines is 1. The third-order valence-corrected chi connectivity index (χ3v) is 5.82. The molecule has 0 atom stereocenters. The Kier molecular flexibility index (Phi) is 6.82. The molecule has 0 aromatic heterocycles. The average Bonchev–Trinajstić information content (AvgIpc) is 2.59. The van der Waals surface area contributed by atoms with Crippen molar-refractivity contribution in [1.82, 2.24) is 0 Å². The zero-order valence-corrected chi connectivity index (χ0v) is 15.0. The standard InChI is InChI=1S/C19H26N2O2S/c1-2-15-24(22,23)19-12-7-6-11-18(19)21(14-8-13-20)16-17-9-4-3-5-10-17/h3-7,9-12H,2,8,13-16,20H2,1H3. The van der Waals surface area contributed by atoms with E-state index in [9.17, 15) is 8.42 Å². The lowest BCUT2D eigenvalue weighted by atomic mass is 10.2. The summed E-state index contributed by atoms with van der Waals surface area (Å²) in [5, 5.41) is 0. The van der Waals surface area contributed by atoms with E-state index in [2.05, 4.69) is 17.0 Å². The molecule has 0 radical (unpaired) electrons. The lowest BCUT2D eigenvalue weighted by Crippen LogP contribution is -2.27. The molecule has 2 rings (SSSR count). The summed E-state index contributed by atoms with van der Waals surface area (Å²) in [6.45, 7) is 3.86. The van der Waals surface area contributed by atoms with Crippen molar-refractivity contribution < 1.29 is 8.42 Å². The summed E-state index contributed by atoms with van der Waals surface area (Å²) in [7, 11) is -3.28. The summed E-state index contributed by atoms with van der Waals surface area (Å²) >= 11 is 0. The Morgan fingerprint density at radius 2 is 1.67 bits per heavy atom. The summed E-state index contributed by atoms with van der Waals surface area (Å²) in [4.78, 5) is 2.53. The summed E-state index contributed by atoms with van der Waals surface area (Å²) in [6, 6.07) is 17.4. The van der Waals surface area contributed by atoms with Crippen molar-refractivity contribution in [3.63, 3.8) is 0 Å². The van der Waals surface area contributed by atoms with Gasteiger partial charge in [-0.25, -0.2) is 8.42 Å². The molecule has 5 heteroatoms. The second kappa shape index (κ2) is 8.85. The van der Waals surface area contributed by atoms with Crippen molar-refractivity contribution in [2.45, 2.75) is 31.2 Å². The first-order valence-electron chi connectivity index (χ1n) is 8.39. The smallest absolute Gasteiger partial charge is 0.180 e. The fraction of sp³-hybridized carbons (Fsp3) is 0.368. The van der Waals surface area contributed by atoms with Gasteiger partial charge in [-0.15, -0.1) is 0 Å². The lowest BCUT2D eigenvalue weighted by Gasteiger charge is -2.27. The number of sulfone groups is 1. The Hall–Kier alpha value is -1.85. The summed E-state index contributed by atoms with van der Waals surface area (Å²) < 4.78 is 25.3. The number of para-hydroxylation sites is 1. The van der Waals surface area contributed by atoms with E-state index in [4.69, 9.17) is 5.73 Å². The Morgan fingerprint density at radius 3 is 2.33 bits per heavy atom. The molecule has 0 aliphatic rings. The molecule has 0 saturated heterocycles. The molecule has 0 amide bonds. The predicted octanol–water partition coefficient (Wildman–Crippen LogP) is 3.23. The van der Waals surface area contributed by atoms with E-state index >= 15 is 0 Å². The van der Waals surface area contributed by atoms with Crippen molar-refractivity contribution in [3.8, 4) is 0 Å². The van der Waals surface area contributed by atoms with E-state index in [-0.39, 0.29) is 5.75 Å². The Labute approximate surface area is 145 Å². The van der Waals surface area contributed by atoms with Crippen LogP contribution in [0.25, 0.3) is 0 Å². The number of rotatable bonds is 9. The highest BCUT2D eigenvalue weighted by atomic mass is 32.2. The Bertz CT molecular complexity index is 730. The van der Waals surface area contributed by atoms with Crippen LogP contribution in [-0.4, -0.2) is 27.3 Å². The second-order valence-corrected chi connectivity index (χ2v) is 7.91. The van der Waals surface area contributed by atoms with Gasteiger partial charge >= 0.3 is 0 Å². The average molecular weight is 346 g/mol. The van der Waals surface area contributed by atoms with E-state index in [1.54, 1.807) is 12.1 Å². The molecule has 130 valence electrons. The van der Waals surface area contributed by atoms with Crippen LogP contribution in [-0.2, 0) is 16.4 Å². The van der Waals surface area contributed by atoms with Gasteiger partial charge in [0.25, 0.3) is 0 Å². The summed E-state index contributed by atoms with van der Waals surface area (Å²) in [6.07, 6.45) is 1.42. The molecule has 2 N–H and O–H groups in total. The first-order chi connectivity index (χ1) is 11.6. The highest BCUT2D eigenvalue weighted by Gasteiger charge is 2.21.